The molecule has 0 saturated heterocycles. The van der Waals surface area contributed by atoms with Crippen LogP contribution in [0.3, 0.4) is 0 Å². The molecule has 1 aromatic rings. The summed E-state index contributed by atoms with van der Waals surface area (Å²) in [6, 6.07) is 5.10. The zero-order valence-electron chi connectivity index (χ0n) is 15.8. The number of aliphatic imine (C=N–C) groups is 1. The maximum absolute atomic E-state index is 12.5. The van der Waals surface area contributed by atoms with E-state index < -0.39 is 6.61 Å². The minimum Gasteiger partial charge on any atom is -0.434 e. The van der Waals surface area contributed by atoms with Crippen LogP contribution < -0.4 is 15.4 Å². The number of ether oxygens (including phenoxy) is 2. The molecule has 1 atom stereocenters. The van der Waals surface area contributed by atoms with Crippen molar-refractivity contribution in [3.05, 3.63) is 29.3 Å². The van der Waals surface area contributed by atoms with Gasteiger partial charge in [0.1, 0.15) is 5.75 Å². The van der Waals surface area contributed by atoms with Gasteiger partial charge in [-0.15, -0.1) is 0 Å². The molecule has 0 heterocycles. The molecule has 0 aliphatic carbocycles. The maximum Gasteiger partial charge on any atom is 0.387 e. The fourth-order valence-corrected chi connectivity index (χ4v) is 2.39. The van der Waals surface area contributed by atoms with Crippen LogP contribution in [0.1, 0.15) is 31.9 Å². The Morgan fingerprint density at radius 1 is 1.24 bits per heavy atom. The Hall–Kier alpha value is -1.89. The average molecular weight is 357 g/mol. The summed E-state index contributed by atoms with van der Waals surface area (Å²) < 4.78 is 35.1. The third-order valence-electron chi connectivity index (χ3n) is 3.81. The number of nitrogens with zero attached hydrogens (tertiary/aromatic N) is 1. The van der Waals surface area contributed by atoms with Crippen molar-refractivity contribution in [2.75, 3.05) is 20.7 Å². The van der Waals surface area contributed by atoms with E-state index in [1.165, 1.54) is 0 Å². The van der Waals surface area contributed by atoms with Crippen LogP contribution in [0.25, 0.3) is 0 Å². The number of rotatable bonds is 7. The smallest absolute Gasteiger partial charge is 0.387 e. The Balaban J connectivity index is 2.70. The normalized spacial score (nSPS) is 13.7. The topological polar surface area (TPSA) is 54.9 Å². The molecule has 1 unspecified atom stereocenters. The van der Waals surface area contributed by atoms with E-state index in [0.717, 1.165) is 5.56 Å². The summed E-state index contributed by atoms with van der Waals surface area (Å²) in [6.07, 6.45) is 0.00254. The zero-order valence-corrected chi connectivity index (χ0v) is 15.8. The fourth-order valence-electron chi connectivity index (χ4n) is 2.39. The molecule has 1 aromatic carbocycles. The lowest BCUT2D eigenvalue weighted by Gasteiger charge is -2.30. The van der Waals surface area contributed by atoms with Gasteiger partial charge in [0, 0.05) is 32.8 Å². The zero-order chi connectivity index (χ0) is 19.0. The number of nitrogens with one attached hydrogen (secondary N) is 2. The molecule has 0 aliphatic heterocycles. The lowest BCUT2D eigenvalue weighted by Crippen LogP contribution is -2.45. The molecule has 0 saturated carbocycles. The summed E-state index contributed by atoms with van der Waals surface area (Å²) in [5, 5.41) is 6.31. The number of hydrogen-bond donors (Lipinski definition) is 2. The first-order valence-corrected chi connectivity index (χ1v) is 8.19. The second-order valence-corrected chi connectivity index (χ2v) is 6.89. The van der Waals surface area contributed by atoms with Crippen molar-refractivity contribution in [3.8, 4) is 5.75 Å². The van der Waals surface area contributed by atoms with Gasteiger partial charge in [-0.3, -0.25) is 4.99 Å². The van der Waals surface area contributed by atoms with Gasteiger partial charge in [-0.2, -0.15) is 8.78 Å². The van der Waals surface area contributed by atoms with E-state index in [1.807, 2.05) is 13.0 Å². The van der Waals surface area contributed by atoms with Crippen LogP contribution in [0.15, 0.2) is 23.2 Å². The molecule has 0 amide bonds. The van der Waals surface area contributed by atoms with Gasteiger partial charge in [-0.1, -0.05) is 38.5 Å². The monoisotopic (exact) mass is 357 g/mol. The van der Waals surface area contributed by atoms with E-state index in [2.05, 4.69) is 41.1 Å². The van der Waals surface area contributed by atoms with E-state index in [0.29, 0.717) is 24.6 Å². The molecule has 5 nitrogen and oxygen atoms in total. The summed E-state index contributed by atoms with van der Waals surface area (Å²) in [4.78, 5) is 4.15. The average Bonchev–Trinajstić information content (AvgIpc) is 2.51. The summed E-state index contributed by atoms with van der Waals surface area (Å²) in [7, 11) is 3.33. The Morgan fingerprint density at radius 2 is 1.92 bits per heavy atom. The largest absolute Gasteiger partial charge is 0.434 e. The van der Waals surface area contributed by atoms with Gasteiger partial charge in [0.05, 0.1) is 6.10 Å². The molecule has 2 N–H and O–H groups in total. The highest BCUT2D eigenvalue weighted by molar-refractivity contribution is 5.79. The Bertz CT molecular complexity index is 572. The van der Waals surface area contributed by atoms with Gasteiger partial charge in [-0.05, 0) is 18.4 Å². The van der Waals surface area contributed by atoms with Gasteiger partial charge < -0.3 is 20.1 Å². The van der Waals surface area contributed by atoms with Gasteiger partial charge in [0.15, 0.2) is 5.96 Å². The minimum atomic E-state index is -2.85. The Kier molecular flexibility index (Phi) is 8.09. The van der Waals surface area contributed by atoms with E-state index in [1.54, 1.807) is 26.3 Å². The number of alkyl halides is 2. The van der Waals surface area contributed by atoms with Crippen molar-refractivity contribution in [2.24, 2.45) is 10.4 Å². The second kappa shape index (κ2) is 9.56. The first-order chi connectivity index (χ1) is 11.7. The standard InChI is InChI=1S/C18H29F2N3O2/c1-12-7-8-14(25-16(19)20)13(9-12)10-22-17(21-5)23-11-15(24-6)18(2,3)4/h7-9,15-16H,10-11H2,1-6H3,(H2,21,22,23). The van der Waals surface area contributed by atoms with Crippen LogP contribution in [0.5, 0.6) is 5.75 Å². The van der Waals surface area contributed by atoms with Crippen LogP contribution >= 0.6 is 0 Å². The van der Waals surface area contributed by atoms with Gasteiger partial charge in [-0.25, -0.2) is 0 Å². The van der Waals surface area contributed by atoms with Crippen molar-refractivity contribution in [1.82, 2.24) is 10.6 Å². The molecule has 0 bridgehead atoms. The molecule has 142 valence electrons. The summed E-state index contributed by atoms with van der Waals surface area (Å²) in [5.74, 6) is 0.726. The summed E-state index contributed by atoms with van der Waals surface area (Å²) in [6.45, 7) is 6.23. The van der Waals surface area contributed by atoms with E-state index in [-0.39, 0.29) is 17.3 Å². The van der Waals surface area contributed by atoms with Crippen molar-refractivity contribution >= 4 is 5.96 Å². The van der Waals surface area contributed by atoms with Crippen molar-refractivity contribution < 1.29 is 18.3 Å². The third kappa shape index (κ3) is 7.25. The molecule has 1 rings (SSSR count). The molecule has 25 heavy (non-hydrogen) atoms. The number of aryl methyl sites for hydroxylation is 1. The van der Waals surface area contributed by atoms with Gasteiger partial charge >= 0.3 is 6.61 Å². The number of halogens is 2. The predicted octanol–water partition coefficient (Wildman–Crippen LogP) is 3.32. The van der Waals surface area contributed by atoms with E-state index >= 15 is 0 Å². The van der Waals surface area contributed by atoms with Crippen molar-refractivity contribution in [2.45, 2.75) is 47.0 Å². The first-order valence-electron chi connectivity index (χ1n) is 8.19. The van der Waals surface area contributed by atoms with Crippen LogP contribution in [-0.4, -0.2) is 39.4 Å². The quantitative estimate of drug-likeness (QED) is 0.581. The summed E-state index contributed by atoms with van der Waals surface area (Å²) >= 11 is 0. The first kappa shape index (κ1) is 21.2. The molecule has 0 spiro atoms. The minimum absolute atomic E-state index is 0.00254. The highest BCUT2D eigenvalue weighted by Crippen LogP contribution is 2.22. The summed E-state index contributed by atoms with van der Waals surface area (Å²) in [5.41, 5.74) is 1.59. The molecule has 0 radical (unpaired) electrons. The molecular formula is C18H29F2N3O2. The number of guanidine groups is 1. The number of methoxy groups -OCH3 is 1. The molecule has 0 fully saturated rings. The van der Waals surface area contributed by atoms with Gasteiger partial charge in [0.2, 0.25) is 0 Å². The molecule has 0 aromatic heterocycles. The fraction of sp³-hybridized carbons (Fsp3) is 0.611. The van der Waals surface area contributed by atoms with Crippen LogP contribution in [-0.2, 0) is 11.3 Å². The van der Waals surface area contributed by atoms with E-state index in [9.17, 15) is 8.78 Å². The van der Waals surface area contributed by atoms with Crippen LogP contribution in [0, 0.1) is 12.3 Å². The number of benzene rings is 1. The van der Waals surface area contributed by atoms with Crippen LogP contribution in [0.2, 0.25) is 0 Å². The van der Waals surface area contributed by atoms with Crippen molar-refractivity contribution in [3.63, 3.8) is 0 Å². The second-order valence-electron chi connectivity index (χ2n) is 6.89. The SMILES string of the molecule is CN=C(NCc1cc(C)ccc1OC(F)F)NCC(OC)C(C)(C)C. The lowest BCUT2D eigenvalue weighted by molar-refractivity contribution is -0.0504. The molecular weight excluding hydrogens is 328 g/mol. The molecule has 0 aliphatic rings. The Labute approximate surface area is 148 Å². The highest BCUT2D eigenvalue weighted by Gasteiger charge is 2.24. The lowest BCUT2D eigenvalue weighted by atomic mass is 9.89. The predicted molar refractivity (Wildman–Crippen MR) is 96.3 cm³/mol. The Morgan fingerprint density at radius 3 is 2.44 bits per heavy atom. The highest BCUT2D eigenvalue weighted by atomic mass is 19.3. The maximum atomic E-state index is 12.5. The van der Waals surface area contributed by atoms with Gasteiger partial charge in [0.25, 0.3) is 0 Å². The third-order valence-corrected chi connectivity index (χ3v) is 3.81. The molecule has 7 heteroatoms. The van der Waals surface area contributed by atoms with Crippen LogP contribution in [0.4, 0.5) is 8.78 Å². The van der Waals surface area contributed by atoms with Crippen molar-refractivity contribution in [1.29, 1.82) is 0 Å². The number of hydrogen-bond acceptors (Lipinski definition) is 3. The van der Waals surface area contributed by atoms with E-state index in [4.69, 9.17) is 4.74 Å².